The highest BCUT2D eigenvalue weighted by atomic mass is 16.5. The Morgan fingerprint density at radius 1 is 1.04 bits per heavy atom. The number of carboxylic acids is 1. The van der Waals surface area contributed by atoms with Crippen LogP contribution in [0.4, 0.5) is 5.69 Å². The minimum absolute atomic E-state index is 0.111. The zero-order chi connectivity index (χ0) is 16.8. The minimum atomic E-state index is -1.22. The van der Waals surface area contributed by atoms with Crippen molar-refractivity contribution in [3.63, 3.8) is 0 Å². The van der Waals surface area contributed by atoms with Crippen LogP contribution in [0.1, 0.15) is 15.9 Å². The summed E-state index contributed by atoms with van der Waals surface area (Å²) in [5.74, 6) is 0.362. The molecular weight excluding hydrogens is 298 g/mol. The number of carboxylic acid groups (broad SMARTS) is 1. The molecule has 0 radical (unpaired) electrons. The second kappa shape index (κ2) is 7.40. The molecule has 1 N–H and O–H groups in total. The molecule has 0 bridgehead atoms. The number of aromatic carboxylic acids is 1. The Hall–Kier alpha value is -2.89. The Bertz CT molecular complexity index is 674. The molecule has 0 saturated heterocycles. The molecule has 2 aromatic carbocycles. The highest BCUT2D eigenvalue weighted by Gasteiger charge is 2.13. The number of para-hydroxylation sites is 1. The van der Waals surface area contributed by atoms with E-state index in [0.717, 1.165) is 5.56 Å². The second-order valence-corrected chi connectivity index (χ2v) is 4.72. The molecule has 2 aromatic rings. The average Bonchev–Trinajstić information content (AvgIpc) is 2.58. The van der Waals surface area contributed by atoms with E-state index in [1.165, 1.54) is 13.2 Å². The van der Waals surface area contributed by atoms with Gasteiger partial charge in [-0.2, -0.15) is 0 Å². The van der Waals surface area contributed by atoms with Crippen LogP contribution in [-0.2, 0) is 6.54 Å². The van der Waals surface area contributed by atoms with E-state index in [9.17, 15) is 9.90 Å². The van der Waals surface area contributed by atoms with Gasteiger partial charge >= 0.3 is 0 Å². The fourth-order valence-corrected chi connectivity index (χ4v) is 2.25. The van der Waals surface area contributed by atoms with Crippen LogP contribution in [0, 0.1) is 0 Å². The van der Waals surface area contributed by atoms with Crippen molar-refractivity contribution in [2.75, 3.05) is 26.6 Å². The Morgan fingerprint density at radius 3 is 2.17 bits per heavy atom. The molecule has 0 unspecified atom stereocenters. The van der Waals surface area contributed by atoms with Gasteiger partial charge in [0.15, 0.2) is 11.5 Å². The van der Waals surface area contributed by atoms with Crippen LogP contribution in [-0.4, -0.2) is 27.3 Å². The molecule has 23 heavy (non-hydrogen) atoms. The molecule has 0 aliphatic carbocycles. The Balaban J connectivity index is 2.26. The number of benzene rings is 2. The summed E-state index contributed by atoms with van der Waals surface area (Å²) in [4.78, 5) is 11.1. The van der Waals surface area contributed by atoms with E-state index in [4.69, 9.17) is 14.2 Å². The summed E-state index contributed by atoms with van der Waals surface area (Å²) in [6.07, 6.45) is 0. The summed E-state index contributed by atoms with van der Waals surface area (Å²) in [5.41, 5.74) is 1.45. The first-order valence-corrected chi connectivity index (χ1v) is 6.93. The largest absolute Gasteiger partial charge is 0.545 e. The standard InChI is InChI=1S/C17H19NO5/c1-21-14-8-11(9-15(22-2)16(14)23-3)10-18-13-7-5-4-6-12(13)17(19)20/h4-9,18H,10H2,1-3H3,(H,19,20)/p-1. The molecule has 2 rings (SSSR count). The van der Waals surface area contributed by atoms with Crippen LogP contribution in [0.25, 0.3) is 0 Å². The predicted molar refractivity (Wildman–Crippen MR) is 84.2 cm³/mol. The minimum Gasteiger partial charge on any atom is -0.545 e. The van der Waals surface area contributed by atoms with Gasteiger partial charge in [0, 0.05) is 17.8 Å². The topological polar surface area (TPSA) is 79.9 Å². The molecule has 0 heterocycles. The van der Waals surface area contributed by atoms with Crippen LogP contribution in [0.3, 0.4) is 0 Å². The molecule has 6 nitrogen and oxygen atoms in total. The summed E-state index contributed by atoms with van der Waals surface area (Å²) in [5, 5.41) is 14.2. The third-order valence-corrected chi connectivity index (χ3v) is 3.35. The SMILES string of the molecule is COc1cc(CNc2ccccc2C(=O)[O-])cc(OC)c1OC. The average molecular weight is 316 g/mol. The fraction of sp³-hybridized carbons (Fsp3) is 0.235. The normalized spacial score (nSPS) is 10.0. The Kier molecular flexibility index (Phi) is 5.30. The van der Waals surface area contributed by atoms with E-state index in [1.807, 2.05) is 0 Å². The van der Waals surface area contributed by atoms with Gasteiger partial charge in [0.25, 0.3) is 0 Å². The van der Waals surface area contributed by atoms with Crippen LogP contribution in [0.2, 0.25) is 0 Å². The fourth-order valence-electron chi connectivity index (χ4n) is 2.25. The van der Waals surface area contributed by atoms with Crippen molar-refractivity contribution in [3.8, 4) is 17.2 Å². The van der Waals surface area contributed by atoms with Gasteiger partial charge in [-0.05, 0) is 23.8 Å². The summed E-state index contributed by atoms with van der Waals surface area (Å²) in [6, 6.07) is 10.2. The molecule has 0 aromatic heterocycles. The smallest absolute Gasteiger partial charge is 0.203 e. The summed E-state index contributed by atoms with van der Waals surface area (Å²) >= 11 is 0. The lowest BCUT2D eigenvalue weighted by atomic mass is 10.1. The van der Waals surface area contributed by atoms with Gasteiger partial charge in [0.1, 0.15) is 0 Å². The second-order valence-electron chi connectivity index (χ2n) is 4.72. The van der Waals surface area contributed by atoms with Crippen molar-refractivity contribution in [1.82, 2.24) is 0 Å². The first kappa shape index (κ1) is 16.5. The van der Waals surface area contributed by atoms with Crippen LogP contribution in [0.5, 0.6) is 17.2 Å². The van der Waals surface area contributed by atoms with Gasteiger partial charge in [0.05, 0.1) is 27.3 Å². The molecule has 122 valence electrons. The van der Waals surface area contributed by atoms with Crippen molar-refractivity contribution in [2.24, 2.45) is 0 Å². The number of carbonyl (C=O) groups is 1. The zero-order valence-corrected chi connectivity index (χ0v) is 13.2. The molecule has 0 spiro atoms. The molecular formula is C17H18NO5-. The van der Waals surface area contributed by atoms with Crippen molar-refractivity contribution in [3.05, 3.63) is 47.5 Å². The predicted octanol–water partition coefficient (Wildman–Crippen LogP) is 1.69. The van der Waals surface area contributed by atoms with E-state index >= 15 is 0 Å². The molecule has 0 aliphatic rings. The van der Waals surface area contributed by atoms with Gasteiger partial charge in [-0.25, -0.2) is 0 Å². The van der Waals surface area contributed by atoms with Crippen LogP contribution < -0.4 is 24.6 Å². The zero-order valence-electron chi connectivity index (χ0n) is 13.2. The molecule has 0 atom stereocenters. The third kappa shape index (κ3) is 3.66. The quantitative estimate of drug-likeness (QED) is 0.837. The van der Waals surface area contributed by atoms with Gasteiger partial charge < -0.3 is 29.4 Å². The van der Waals surface area contributed by atoms with Crippen molar-refractivity contribution >= 4 is 11.7 Å². The maximum Gasteiger partial charge on any atom is 0.203 e. The van der Waals surface area contributed by atoms with E-state index in [0.29, 0.717) is 29.5 Å². The number of nitrogens with one attached hydrogen (secondary N) is 1. The van der Waals surface area contributed by atoms with Gasteiger partial charge in [-0.3, -0.25) is 0 Å². The maximum atomic E-state index is 11.1. The lowest BCUT2D eigenvalue weighted by Gasteiger charge is -2.16. The Labute approximate surface area is 134 Å². The molecule has 0 saturated carbocycles. The number of hydrogen-bond donors (Lipinski definition) is 1. The maximum absolute atomic E-state index is 11.1. The van der Waals surface area contributed by atoms with Crippen LogP contribution in [0.15, 0.2) is 36.4 Å². The van der Waals surface area contributed by atoms with Crippen molar-refractivity contribution in [1.29, 1.82) is 0 Å². The number of carbonyl (C=O) groups excluding carboxylic acids is 1. The van der Waals surface area contributed by atoms with E-state index in [-0.39, 0.29) is 5.56 Å². The molecule has 0 amide bonds. The first-order valence-electron chi connectivity index (χ1n) is 6.93. The molecule has 0 fully saturated rings. The van der Waals surface area contributed by atoms with Crippen molar-refractivity contribution < 1.29 is 24.1 Å². The van der Waals surface area contributed by atoms with E-state index in [1.54, 1.807) is 44.6 Å². The summed E-state index contributed by atoms with van der Waals surface area (Å²) in [6.45, 7) is 0.390. The van der Waals surface area contributed by atoms with Crippen molar-refractivity contribution in [2.45, 2.75) is 6.54 Å². The lowest BCUT2D eigenvalue weighted by Crippen LogP contribution is -2.23. The van der Waals surface area contributed by atoms with Gasteiger partial charge in [-0.15, -0.1) is 0 Å². The monoisotopic (exact) mass is 316 g/mol. The highest BCUT2D eigenvalue weighted by Crippen LogP contribution is 2.38. The summed E-state index contributed by atoms with van der Waals surface area (Å²) in [7, 11) is 4.62. The number of ether oxygens (including phenoxy) is 3. The molecule has 6 heteroatoms. The lowest BCUT2D eigenvalue weighted by molar-refractivity contribution is -0.254. The van der Waals surface area contributed by atoms with Gasteiger partial charge in [-0.1, -0.05) is 18.2 Å². The number of rotatable bonds is 7. The Morgan fingerprint density at radius 2 is 1.65 bits per heavy atom. The van der Waals surface area contributed by atoms with E-state index in [2.05, 4.69) is 5.32 Å². The van der Waals surface area contributed by atoms with Crippen LogP contribution >= 0.6 is 0 Å². The molecule has 0 aliphatic heterocycles. The van der Waals surface area contributed by atoms with Gasteiger partial charge in [0.2, 0.25) is 5.75 Å². The van der Waals surface area contributed by atoms with E-state index < -0.39 is 5.97 Å². The number of anilines is 1. The summed E-state index contributed by atoms with van der Waals surface area (Å²) < 4.78 is 15.9. The highest BCUT2D eigenvalue weighted by molar-refractivity contribution is 5.92. The third-order valence-electron chi connectivity index (χ3n) is 3.35. The first-order chi connectivity index (χ1) is 11.1. The number of methoxy groups -OCH3 is 3. The number of hydrogen-bond acceptors (Lipinski definition) is 6.